The van der Waals surface area contributed by atoms with Crippen LogP contribution in [-0.4, -0.2) is 20.9 Å². The van der Waals surface area contributed by atoms with Crippen molar-refractivity contribution < 1.29 is 14.6 Å². The Kier molecular flexibility index (Phi) is 6.43. The number of ether oxygens (including phenoxy) is 1. The van der Waals surface area contributed by atoms with Gasteiger partial charge in [-0.3, -0.25) is 4.79 Å². The van der Waals surface area contributed by atoms with Gasteiger partial charge in [0, 0.05) is 5.56 Å². The molecule has 1 N–H and O–H groups in total. The molecule has 5 rings (SSSR count). The van der Waals surface area contributed by atoms with Crippen molar-refractivity contribution in [2.45, 2.75) is 32.3 Å². The Morgan fingerprint density at radius 2 is 1.65 bits per heavy atom. The summed E-state index contributed by atoms with van der Waals surface area (Å²) in [5.74, 6) is 0.417. The number of para-hydroxylation sites is 1. The summed E-state index contributed by atoms with van der Waals surface area (Å²) in [6.45, 7) is 0.377. The molecule has 1 aromatic heterocycles. The molecule has 172 valence electrons. The van der Waals surface area contributed by atoms with Crippen molar-refractivity contribution in [2.24, 2.45) is 11.8 Å². The van der Waals surface area contributed by atoms with Crippen molar-refractivity contribution in [3.05, 3.63) is 102 Å². The van der Waals surface area contributed by atoms with E-state index in [1.807, 2.05) is 65.3 Å². The van der Waals surface area contributed by atoms with Crippen molar-refractivity contribution in [2.75, 3.05) is 0 Å². The highest BCUT2D eigenvalue weighted by molar-refractivity contribution is 5.70. The molecule has 5 nitrogen and oxygen atoms in total. The van der Waals surface area contributed by atoms with Crippen LogP contribution in [0.25, 0.3) is 16.9 Å². The average Bonchev–Trinajstić information content (AvgIpc) is 3.52. The molecule has 5 heteroatoms. The molecule has 0 bridgehead atoms. The van der Waals surface area contributed by atoms with Crippen LogP contribution in [-0.2, 0) is 17.8 Å². The molecular weight excluding hydrogens is 424 g/mol. The second kappa shape index (κ2) is 9.96. The molecule has 1 aliphatic rings. The predicted octanol–water partition coefficient (Wildman–Crippen LogP) is 6.16. The largest absolute Gasteiger partial charge is 0.487 e. The number of hydrogen-bond donors (Lipinski definition) is 1. The second-order valence-corrected chi connectivity index (χ2v) is 8.99. The molecule has 2 atom stereocenters. The summed E-state index contributed by atoms with van der Waals surface area (Å²) in [5.41, 5.74) is 5.22. The van der Waals surface area contributed by atoms with E-state index in [2.05, 4.69) is 30.3 Å². The Morgan fingerprint density at radius 1 is 0.941 bits per heavy atom. The molecule has 2 unspecified atom stereocenters. The first-order valence-electron chi connectivity index (χ1n) is 11.8. The molecule has 3 aromatic carbocycles. The zero-order valence-electron chi connectivity index (χ0n) is 19.0. The van der Waals surface area contributed by atoms with Crippen LogP contribution in [0.2, 0.25) is 0 Å². The molecule has 4 aromatic rings. The van der Waals surface area contributed by atoms with Gasteiger partial charge in [0.25, 0.3) is 0 Å². The number of hydrogen-bond acceptors (Lipinski definition) is 3. The van der Waals surface area contributed by atoms with E-state index in [0.717, 1.165) is 54.1 Å². The fraction of sp³-hybridized carbons (Fsp3) is 0.241. The van der Waals surface area contributed by atoms with Gasteiger partial charge in [-0.1, -0.05) is 60.7 Å². The molecular formula is C29H28N2O3. The lowest BCUT2D eigenvalue weighted by Gasteiger charge is -2.10. The summed E-state index contributed by atoms with van der Waals surface area (Å²) in [6.07, 6.45) is 3.48. The van der Waals surface area contributed by atoms with Crippen molar-refractivity contribution in [3.63, 3.8) is 0 Å². The molecule has 0 amide bonds. The fourth-order valence-electron chi connectivity index (χ4n) is 4.78. The lowest BCUT2D eigenvalue weighted by Crippen LogP contribution is -2.10. The molecule has 0 radical (unpaired) electrons. The van der Waals surface area contributed by atoms with E-state index >= 15 is 0 Å². The van der Waals surface area contributed by atoms with Gasteiger partial charge < -0.3 is 9.84 Å². The molecule has 0 spiro atoms. The molecule has 0 saturated heterocycles. The maximum atomic E-state index is 11.2. The van der Waals surface area contributed by atoms with Gasteiger partial charge in [-0.05, 0) is 67.5 Å². The summed E-state index contributed by atoms with van der Waals surface area (Å²) >= 11 is 0. The van der Waals surface area contributed by atoms with Gasteiger partial charge in [-0.2, -0.15) is 5.10 Å². The Bertz CT molecular complexity index is 1180. The third kappa shape index (κ3) is 5.04. The molecule has 1 saturated carbocycles. The minimum atomic E-state index is -0.656. The number of nitrogens with zero attached hydrogens (tertiary/aromatic N) is 2. The average molecular weight is 453 g/mol. The van der Waals surface area contributed by atoms with Crippen LogP contribution < -0.4 is 4.74 Å². The van der Waals surface area contributed by atoms with Crippen LogP contribution in [0.4, 0.5) is 0 Å². The molecule has 1 fully saturated rings. The second-order valence-electron chi connectivity index (χ2n) is 8.99. The third-order valence-electron chi connectivity index (χ3n) is 6.56. The summed E-state index contributed by atoms with van der Waals surface area (Å²) in [4.78, 5) is 11.2. The minimum Gasteiger partial charge on any atom is -0.487 e. The number of aromatic nitrogens is 2. The van der Waals surface area contributed by atoms with Gasteiger partial charge in [0.1, 0.15) is 18.1 Å². The summed E-state index contributed by atoms with van der Waals surface area (Å²) < 4.78 is 8.01. The lowest BCUT2D eigenvalue weighted by molar-refractivity contribution is -0.141. The first kappa shape index (κ1) is 22.0. The van der Waals surface area contributed by atoms with E-state index in [9.17, 15) is 9.90 Å². The van der Waals surface area contributed by atoms with Crippen LogP contribution in [0.5, 0.6) is 5.75 Å². The van der Waals surface area contributed by atoms with E-state index in [4.69, 9.17) is 9.84 Å². The normalized spacial score (nSPS) is 17.5. The van der Waals surface area contributed by atoms with Crippen molar-refractivity contribution >= 4 is 5.97 Å². The Morgan fingerprint density at radius 3 is 2.32 bits per heavy atom. The minimum absolute atomic E-state index is 0.177. The van der Waals surface area contributed by atoms with E-state index < -0.39 is 5.97 Å². The molecule has 1 aliphatic carbocycles. The fourth-order valence-corrected chi connectivity index (χ4v) is 4.78. The lowest BCUT2D eigenvalue weighted by atomic mass is 9.97. The standard InChI is InChI=1S/C29H28N2O3/c32-29(33)24-14-11-22(18-24)17-21-12-15-27(16-13-21)34-20-25-19-28(23-7-3-1-4-8-23)31(30-25)26-9-5-2-6-10-26/h1-10,12-13,15-16,19,22,24H,11,14,17-18,20H2,(H,32,33). The van der Waals surface area contributed by atoms with Gasteiger partial charge >= 0.3 is 5.97 Å². The quantitative estimate of drug-likeness (QED) is 0.348. The van der Waals surface area contributed by atoms with E-state index in [-0.39, 0.29) is 5.92 Å². The monoisotopic (exact) mass is 452 g/mol. The number of carboxylic acids is 1. The highest BCUT2D eigenvalue weighted by atomic mass is 16.5. The van der Waals surface area contributed by atoms with E-state index in [1.54, 1.807) is 0 Å². The Hall–Kier alpha value is -3.86. The third-order valence-corrected chi connectivity index (χ3v) is 6.56. The number of aliphatic carboxylic acids is 1. The summed E-state index contributed by atoms with van der Waals surface area (Å²) in [7, 11) is 0. The van der Waals surface area contributed by atoms with E-state index in [0.29, 0.717) is 12.5 Å². The number of rotatable bonds is 8. The first-order chi connectivity index (χ1) is 16.7. The first-order valence-corrected chi connectivity index (χ1v) is 11.8. The van der Waals surface area contributed by atoms with Crippen molar-refractivity contribution in [1.82, 2.24) is 9.78 Å². The maximum absolute atomic E-state index is 11.2. The maximum Gasteiger partial charge on any atom is 0.306 e. The van der Waals surface area contributed by atoms with Gasteiger partial charge in [0.2, 0.25) is 0 Å². The smallest absolute Gasteiger partial charge is 0.306 e. The van der Waals surface area contributed by atoms with E-state index in [1.165, 1.54) is 5.56 Å². The zero-order chi connectivity index (χ0) is 23.3. The molecule has 1 heterocycles. The highest BCUT2D eigenvalue weighted by Crippen LogP contribution is 2.33. The van der Waals surface area contributed by atoms with Gasteiger partial charge in [-0.25, -0.2) is 4.68 Å². The predicted molar refractivity (Wildman–Crippen MR) is 132 cm³/mol. The zero-order valence-corrected chi connectivity index (χ0v) is 19.0. The van der Waals surface area contributed by atoms with Gasteiger partial charge in [0.05, 0.1) is 17.3 Å². The SMILES string of the molecule is O=C(O)C1CCC(Cc2ccc(OCc3cc(-c4ccccc4)n(-c4ccccc4)n3)cc2)C1. The number of carbonyl (C=O) groups is 1. The van der Waals surface area contributed by atoms with Gasteiger partial charge in [-0.15, -0.1) is 0 Å². The molecule has 34 heavy (non-hydrogen) atoms. The van der Waals surface area contributed by atoms with Crippen LogP contribution in [0.1, 0.15) is 30.5 Å². The highest BCUT2D eigenvalue weighted by Gasteiger charge is 2.29. The van der Waals surface area contributed by atoms with Crippen LogP contribution in [0.3, 0.4) is 0 Å². The van der Waals surface area contributed by atoms with Crippen molar-refractivity contribution in [3.8, 4) is 22.7 Å². The molecule has 0 aliphatic heterocycles. The van der Waals surface area contributed by atoms with Crippen molar-refractivity contribution in [1.29, 1.82) is 0 Å². The van der Waals surface area contributed by atoms with Gasteiger partial charge in [0.15, 0.2) is 0 Å². The van der Waals surface area contributed by atoms with Crippen LogP contribution in [0, 0.1) is 11.8 Å². The number of carboxylic acid groups (broad SMARTS) is 1. The Balaban J connectivity index is 1.26. The topological polar surface area (TPSA) is 64.3 Å². The summed E-state index contributed by atoms with van der Waals surface area (Å²) in [6, 6.07) is 30.6. The van der Waals surface area contributed by atoms with Crippen LogP contribution in [0.15, 0.2) is 91.0 Å². The summed E-state index contributed by atoms with van der Waals surface area (Å²) in [5, 5.41) is 14.0. The van der Waals surface area contributed by atoms with Crippen LogP contribution >= 0.6 is 0 Å². The Labute approximate surface area is 199 Å². The number of benzene rings is 3.